The van der Waals surface area contributed by atoms with Crippen LogP contribution in [0.15, 0.2) is 30.4 Å². The maximum atomic E-state index is 14.4. The van der Waals surface area contributed by atoms with Crippen LogP contribution in [0.2, 0.25) is 0 Å². The summed E-state index contributed by atoms with van der Waals surface area (Å²) in [7, 11) is 1.44. The van der Waals surface area contributed by atoms with E-state index in [1.807, 2.05) is 0 Å². The number of pyridine rings is 1. The number of amides is 1. The van der Waals surface area contributed by atoms with Gasteiger partial charge in [-0.1, -0.05) is 12.1 Å². The summed E-state index contributed by atoms with van der Waals surface area (Å²) in [5.74, 6) is -2.27. The van der Waals surface area contributed by atoms with E-state index in [4.69, 9.17) is 4.74 Å². The van der Waals surface area contributed by atoms with Gasteiger partial charge in [-0.3, -0.25) is 14.9 Å². The van der Waals surface area contributed by atoms with E-state index in [0.717, 1.165) is 17.7 Å². The van der Waals surface area contributed by atoms with Crippen LogP contribution in [-0.2, 0) is 4.79 Å². The highest BCUT2D eigenvalue weighted by molar-refractivity contribution is 6.06. The third-order valence-corrected chi connectivity index (χ3v) is 4.01. The zero-order valence-corrected chi connectivity index (χ0v) is 14.4. The molecule has 3 aromatic rings. The lowest BCUT2D eigenvalue weighted by atomic mass is 10.1. The third kappa shape index (κ3) is 3.13. The number of hydrogen-bond acceptors (Lipinski definition) is 4. The zero-order chi connectivity index (χ0) is 18.8. The van der Waals surface area contributed by atoms with E-state index in [1.165, 1.54) is 14.0 Å². The molecule has 0 aliphatic carbocycles. The Morgan fingerprint density at radius 3 is 2.81 bits per heavy atom. The van der Waals surface area contributed by atoms with Gasteiger partial charge < -0.3 is 10.1 Å². The van der Waals surface area contributed by atoms with Crippen LogP contribution < -0.4 is 10.1 Å². The lowest BCUT2D eigenvalue weighted by molar-refractivity contribution is -0.114. The van der Waals surface area contributed by atoms with Crippen molar-refractivity contribution in [3.05, 3.63) is 53.0 Å². The Morgan fingerprint density at radius 1 is 1.31 bits per heavy atom. The molecule has 2 N–H and O–H groups in total. The second-order valence-corrected chi connectivity index (χ2v) is 5.66. The van der Waals surface area contributed by atoms with Gasteiger partial charge in [0.1, 0.15) is 11.3 Å². The number of carbonyl (C=O) groups is 1. The van der Waals surface area contributed by atoms with Gasteiger partial charge in [-0.2, -0.15) is 5.10 Å². The van der Waals surface area contributed by atoms with Crippen molar-refractivity contribution in [3.63, 3.8) is 0 Å². The van der Waals surface area contributed by atoms with Crippen LogP contribution in [-0.4, -0.2) is 28.2 Å². The number of methoxy groups -OCH3 is 1. The summed E-state index contributed by atoms with van der Waals surface area (Å²) in [5, 5.41) is 9.83. The smallest absolute Gasteiger partial charge is 0.284 e. The molecule has 0 radical (unpaired) electrons. The fourth-order valence-electron chi connectivity index (χ4n) is 2.60. The van der Waals surface area contributed by atoms with Gasteiger partial charge in [-0.15, -0.1) is 0 Å². The number of fused-ring (bicyclic) bond motifs is 1. The van der Waals surface area contributed by atoms with E-state index in [1.54, 1.807) is 25.3 Å². The highest BCUT2D eigenvalue weighted by Gasteiger charge is 2.17. The van der Waals surface area contributed by atoms with Gasteiger partial charge >= 0.3 is 0 Å². The summed E-state index contributed by atoms with van der Waals surface area (Å²) >= 11 is 0. The first kappa shape index (κ1) is 17.5. The van der Waals surface area contributed by atoms with Crippen LogP contribution in [0.3, 0.4) is 0 Å². The molecule has 2 heterocycles. The molecule has 1 amide bonds. The molecule has 2 aromatic heterocycles. The molecule has 26 heavy (non-hydrogen) atoms. The number of aryl methyl sites for hydroxylation is 1. The van der Waals surface area contributed by atoms with Crippen LogP contribution in [0.1, 0.15) is 16.8 Å². The molecule has 0 atom stereocenters. The summed E-state index contributed by atoms with van der Waals surface area (Å²) in [6.07, 6.45) is 3.71. The molecule has 0 bridgehead atoms. The average Bonchev–Trinajstić information content (AvgIpc) is 3.10. The predicted molar refractivity (Wildman–Crippen MR) is 94.0 cm³/mol. The SMILES string of the molecule is COc1c(/C=C(\F)C(=O)Nc2c(C)ncc(F)c2C)ccc2cn[nH]c12. The second-order valence-electron chi connectivity index (χ2n) is 5.66. The van der Waals surface area contributed by atoms with Gasteiger partial charge in [-0.25, -0.2) is 8.78 Å². The van der Waals surface area contributed by atoms with E-state index in [2.05, 4.69) is 20.5 Å². The van der Waals surface area contributed by atoms with Gasteiger partial charge in [0.2, 0.25) is 0 Å². The topological polar surface area (TPSA) is 79.9 Å². The summed E-state index contributed by atoms with van der Waals surface area (Å²) < 4.78 is 33.3. The molecule has 134 valence electrons. The van der Waals surface area contributed by atoms with Gasteiger partial charge in [0.05, 0.1) is 30.9 Å². The fraction of sp³-hybridized carbons (Fsp3) is 0.167. The maximum Gasteiger partial charge on any atom is 0.284 e. The molecule has 8 heteroatoms. The Morgan fingerprint density at radius 2 is 2.08 bits per heavy atom. The number of benzene rings is 1. The van der Waals surface area contributed by atoms with E-state index in [-0.39, 0.29) is 11.3 Å². The number of anilines is 1. The summed E-state index contributed by atoms with van der Waals surface area (Å²) in [5.41, 5.74) is 1.68. The lowest BCUT2D eigenvalue weighted by Crippen LogP contribution is -2.15. The molecule has 0 spiro atoms. The minimum atomic E-state index is -1.05. The Balaban J connectivity index is 1.93. The number of carbonyl (C=O) groups excluding carboxylic acids is 1. The number of H-pyrrole nitrogens is 1. The quantitative estimate of drug-likeness (QED) is 0.698. The fourth-order valence-corrected chi connectivity index (χ4v) is 2.60. The van der Waals surface area contributed by atoms with Crippen LogP contribution in [0, 0.1) is 19.7 Å². The monoisotopic (exact) mass is 358 g/mol. The van der Waals surface area contributed by atoms with Crippen molar-refractivity contribution in [3.8, 4) is 5.75 Å². The van der Waals surface area contributed by atoms with Gasteiger partial charge in [-0.05, 0) is 19.9 Å². The van der Waals surface area contributed by atoms with Crippen LogP contribution >= 0.6 is 0 Å². The number of aromatic amines is 1. The van der Waals surface area contributed by atoms with E-state index in [9.17, 15) is 13.6 Å². The number of hydrogen-bond donors (Lipinski definition) is 2. The van der Waals surface area contributed by atoms with Crippen LogP contribution in [0.25, 0.3) is 17.0 Å². The van der Waals surface area contributed by atoms with Gasteiger partial charge in [0.25, 0.3) is 5.91 Å². The van der Waals surface area contributed by atoms with Crippen molar-refractivity contribution in [1.82, 2.24) is 15.2 Å². The predicted octanol–water partition coefficient (Wildman–Crippen LogP) is 3.67. The molecule has 0 unspecified atom stereocenters. The van der Waals surface area contributed by atoms with Crippen molar-refractivity contribution >= 4 is 28.6 Å². The Hall–Kier alpha value is -3.29. The molecule has 6 nitrogen and oxygen atoms in total. The first-order chi connectivity index (χ1) is 12.4. The molecule has 0 fully saturated rings. The molecule has 0 aliphatic heterocycles. The van der Waals surface area contributed by atoms with E-state index < -0.39 is 17.6 Å². The van der Waals surface area contributed by atoms with Crippen molar-refractivity contribution in [2.45, 2.75) is 13.8 Å². The highest BCUT2D eigenvalue weighted by atomic mass is 19.1. The van der Waals surface area contributed by atoms with Crippen molar-refractivity contribution in [1.29, 1.82) is 0 Å². The second kappa shape index (κ2) is 6.91. The summed E-state index contributed by atoms with van der Waals surface area (Å²) in [6, 6.07) is 3.34. The molecule has 0 saturated carbocycles. The first-order valence-corrected chi connectivity index (χ1v) is 7.72. The largest absolute Gasteiger partial charge is 0.494 e. The highest BCUT2D eigenvalue weighted by Crippen LogP contribution is 2.30. The first-order valence-electron chi connectivity index (χ1n) is 7.72. The third-order valence-electron chi connectivity index (χ3n) is 4.01. The number of halogens is 2. The Kier molecular flexibility index (Phi) is 4.66. The number of ether oxygens (including phenoxy) is 1. The molecule has 3 rings (SSSR count). The zero-order valence-electron chi connectivity index (χ0n) is 14.4. The van der Waals surface area contributed by atoms with Crippen molar-refractivity contribution in [2.24, 2.45) is 0 Å². The van der Waals surface area contributed by atoms with E-state index in [0.29, 0.717) is 22.5 Å². The number of aromatic nitrogens is 3. The standard InChI is InChI=1S/C18H16F2N4O2/c1-9-14(20)8-21-10(2)15(9)23-18(25)13(19)6-11-4-5-12-7-22-24-16(12)17(11)26-3/h4-8H,1-3H3,(H,22,24)(H,23,25)/b13-6-. The molecule has 1 aromatic carbocycles. The van der Waals surface area contributed by atoms with E-state index >= 15 is 0 Å². The number of nitrogens with zero attached hydrogens (tertiary/aromatic N) is 2. The molecule has 0 saturated heterocycles. The average molecular weight is 358 g/mol. The van der Waals surface area contributed by atoms with Gasteiger partial charge in [0, 0.05) is 16.5 Å². The minimum Gasteiger partial charge on any atom is -0.494 e. The Bertz CT molecular complexity index is 1030. The minimum absolute atomic E-state index is 0.148. The lowest BCUT2D eigenvalue weighted by Gasteiger charge is -2.11. The normalized spacial score (nSPS) is 11.7. The van der Waals surface area contributed by atoms with Crippen LogP contribution in [0.4, 0.5) is 14.5 Å². The van der Waals surface area contributed by atoms with Crippen LogP contribution in [0.5, 0.6) is 5.75 Å². The number of rotatable bonds is 4. The summed E-state index contributed by atoms with van der Waals surface area (Å²) in [6.45, 7) is 3.08. The molecular formula is C18H16F2N4O2. The number of nitrogens with one attached hydrogen (secondary N) is 2. The molecular weight excluding hydrogens is 342 g/mol. The summed E-state index contributed by atoms with van der Waals surface area (Å²) in [4.78, 5) is 16.0. The Labute approximate surface area is 147 Å². The maximum absolute atomic E-state index is 14.4. The van der Waals surface area contributed by atoms with Gasteiger partial charge in [0.15, 0.2) is 11.6 Å². The van der Waals surface area contributed by atoms with Crippen molar-refractivity contribution in [2.75, 3.05) is 12.4 Å². The van der Waals surface area contributed by atoms with Crippen molar-refractivity contribution < 1.29 is 18.3 Å². The molecule has 0 aliphatic rings.